The number of carbonyl (C=O) groups is 3. The molecular weight excluding hydrogens is 412 g/mol. The van der Waals surface area contributed by atoms with Crippen molar-refractivity contribution in [1.82, 2.24) is 5.32 Å². The minimum atomic E-state index is -0.820. The van der Waals surface area contributed by atoms with Gasteiger partial charge in [-0.25, -0.2) is 4.79 Å². The average Bonchev–Trinajstić information content (AvgIpc) is 3.03. The largest absolute Gasteiger partial charge is 0.450 e. The molecule has 7 heteroatoms. The highest BCUT2D eigenvalue weighted by Crippen LogP contribution is 2.34. The summed E-state index contributed by atoms with van der Waals surface area (Å²) in [6, 6.07) is 18.9. The van der Waals surface area contributed by atoms with Gasteiger partial charge in [-0.2, -0.15) is 0 Å². The van der Waals surface area contributed by atoms with E-state index in [0.717, 1.165) is 16.0 Å². The number of hydrogen-bond donors (Lipinski definition) is 2. The second-order valence-corrected chi connectivity index (χ2v) is 8.13. The lowest BCUT2D eigenvalue weighted by atomic mass is 9.90. The second-order valence-electron chi connectivity index (χ2n) is 6.91. The minimum Gasteiger partial charge on any atom is -0.450 e. The molecule has 3 rings (SSSR count). The zero-order chi connectivity index (χ0) is 22.4. The van der Waals surface area contributed by atoms with Gasteiger partial charge in [0, 0.05) is 4.88 Å². The number of carbonyl (C=O) groups excluding carboxylic acids is 3. The monoisotopic (exact) mass is 436 g/mol. The highest BCUT2D eigenvalue weighted by Gasteiger charge is 2.27. The van der Waals surface area contributed by atoms with Crippen molar-refractivity contribution in [2.75, 3.05) is 11.9 Å². The summed E-state index contributed by atoms with van der Waals surface area (Å²) in [6.07, 6.45) is -0.820. The lowest BCUT2D eigenvalue weighted by Gasteiger charge is -2.18. The van der Waals surface area contributed by atoms with Crippen molar-refractivity contribution in [3.05, 3.63) is 87.8 Å². The van der Waals surface area contributed by atoms with E-state index in [0.29, 0.717) is 10.6 Å². The molecule has 3 aromatic rings. The van der Waals surface area contributed by atoms with Gasteiger partial charge in [-0.1, -0.05) is 60.7 Å². The zero-order valence-electron chi connectivity index (χ0n) is 17.6. The molecule has 31 heavy (non-hydrogen) atoms. The first-order valence-corrected chi connectivity index (χ1v) is 10.7. The molecule has 0 radical (unpaired) electrons. The fourth-order valence-electron chi connectivity index (χ4n) is 3.28. The predicted molar refractivity (Wildman–Crippen MR) is 122 cm³/mol. The fraction of sp³-hybridized carbons (Fsp3) is 0.208. The molecule has 0 saturated carbocycles. The standard InChI is InChI=1S/C24H24N2O4S/c1-4-30-24(29)26-21(27)19-15(2)16(3)31-23(19)25-22(28)20(17-11-7-5-8-12-17)18-13-9-6-10-14-18/h5-14,20H,4H2,1-3H3,(H,25,28)(H,26,27,29). The van der Waals surface area contributed by atoms with Crippen molar-refractivity contribution in [2.45, 2.75) is 26.7 Å². The van der Waals surface area contributed by atoms with E-state index in [4.69, 9.17) is 4.74 Å². The number of anilines is 1. The van der Waals surface area contributed by atoms with Crippen molar-refractivity contribution in [2.24, 2.45) is 0 Å². The lowest BCUT2D eigenvalue weighted by molar-refractivity contribution is -0.116. The first-order valence-electron chi connectivity index (χ1n) is 9.91. The van der Waals surface area contributed by atoms with E-state index in [-0.39, 0.29) is 18.1 Å². The van der Waals surface area contributed by atoms with Gasteiger partial charge < -0.3 is 10.1 Å². The molecule has 0 aliphatic rings. The Morgan fingerprint density at radius 3 is 2.00 bits per heavy atom. The number of ether oxygens (including phenoxy) is 1. The maximum atomic E-state index is 13.4. The van der Waals surface area contributed by atoms with E-state index in [1.165, 1.54) is 11.3 Å². The summed E-state index contributed by atoms with van der Waals surface area (Å²) in [4.78, 5) is 38.7. The summed E-state index contributed by atoms with van der Waals surface area (Å²) in [7, 11) is 0. The van der Waals surface area contributed by atoms with Crippen LogP contribution in [0.3, 0.4) is 0 Å². The van der Waals surface area contributed by atoms with E-state index < -0.39 is 17.9 Å². The number of alkyl carbamates (subject to hydrolysis) is 1. The summed E-state index contributed by atoms with van der Waals surface area (Å²) < 4.78 is 4.80. The van der Waals surface area contributed by atoms with Crippen LogP contribution in [0, 0.1) is 13.8 Å². The first-order chi connectivity index (χ1) is 14.9. The van der Waals surface area contributed by atoms with Gasteiger partial charge in [0.25, 0.3) is 5.91 Å². The molecule has 0 atom stereocenters. The Balaban J connectivity index is 1.93. The van der Waals surface area contributed by atoms with Crippen LogP contribution < -0.4 is 10.6 Å². The summed E-state index contributed by atoms with van der Waals surface area (Å²) in [6.45, 7) is 5.46. The van der Waals surface area contributed by atoms with Crippen LogP contribution in [0.5, 0.6) is 0 Å². The molecule has 3 amide bonds. The van der Waals surface area contributed by atoms with Crippen LogP contribution in [-0.2, 0) is 9.53 Å². The van der Waals surface area contributed by atoms with Crippen LogP contribution in [-0.4, -0.2) is 24.5 Å². The summed E-state index contributed by atoms with van der Waals surface area (Å²) >= 11 is 1.30. The fourth-order valence-corrected chi connectivity index (χ4v) is 4.34. The van der Waals surface area contributed by atoms with Gasteiger partial charge in [0.05, 0.1) is 18.1 Å². The summed E-state index contributed by atoms with van der Waals surface area (Å²) in [5, 5.41) is 5.54. The van der Waals surface area contributed by atoms with Crippen LogP contribution in [0.2, 0.25) is 0 Å². The van der Waals surface area contributed by atoms with E-state index in [9.17, 15) is 14.4 Å². The normalized spacial score (nSPS) is 10.6. The number of benzene rings is 2. The Bertz CT molecular complexity index is 1040. The van der Waals surface area contributed by atoms with Crippen molar-refractivity contribution in [1.29, 1.82) is 0 Å². The highest BCUT2D eigenvalue weighted by molar-refractivity contribution is 7.16. The van der Waals surface area contributed by atoms with Gasteiger partial charge >= 0.3 is 6.09 Å². The van der Waals surface area contributed by atoms with Crippen molar-refractivity contribution in [3.8, 4) is 0 Å². The predicted octanol–water partition coefficient (Wildman–Crippen LogP) is 5.02. The molecule has 0 unspecified atom stereocenters. The maximum Gasteiger partial charge on any atom is 0.414 e. The molecule has 1 aromatic heterocycles. The van der Waals surface area contributed by atoms with E-state index in [2.05, 4.69) is 10.6 Å². The molecule has 0 spiro atoms. The van der Waals surface area contributed by atoms with E-state index in [1.54, 1.807) is 13.8 Å². The minimum absolute atomic E-state index is 0.153. The van der Waals surface area contributed by atoms with Crippen molar-refractivity contribution < 1.29 is 19.1 Å². The van der Waals surface area contributed by atoms with Crippen LogP contribution in [0.4, 0.5) is 9.80 Å². The van der Waals surface area contributed by atoms with Crippen LogP contribution in [0.15, 0.2) is 60.7 Å². The topological polar surface area (TPSA) is 84.5 Å². The second kappa shape index (κ2) is 10.0. The smallest absolute Gasteiger partial charge is 0.414 e. The highest BCUT2D eigenvalue weighted by atomic mass is 32.1. The van der Waals surface area contributed by atoms with E-state index >= 15 is 0 Å². The molecule has 0 aliphatic heterocycles. The van der Waals surface area contributed by atoms with Gasteiger partial charge in [-0.15, -0.1) is 11.3 Å². The molecule has 0 fully saturated rings. The SMILES string of the molecule is CCOC(=O)NC(=O)c1c(NC(=O)C(c2ccccc2)c2ccccc2)sc(C)c1C. The summed E-state index contributed by atoms with van der Waals surface area (Å²) in [5.74, 6) is -1.42. The van der Waals surface area contributed by atoms with Gasteiger partial charge in [-0.05, 0) is 37.5 Å². The third-order valence-corrected chi connectivity index (χ3v) is 5.99. The molecule has 2 N–H and O–H groups in total. The van der Waals surface area contributed by atoms with Crippen molar-refractivity contribution in [3.63, 3.8) is 0 Å². The van der Waals surface area contributed by atoms with E-state index in [1.807, 2.05) is 67.6 Å². The van der Waals surface area contributed by atoms with Crippen molar-refractivity contribution >= 4 is 34.2 Å². The van der Waals surface area contributed by atoms with Gasteiger partial charge in [0.2, 0.25) is 5.91 Å². The molecule has 2 aromatic carbocycles. The summed E-state index contributed by atoms with van der Waals surface area (Å²) in [5.41, 5.74) is 2.66. The Morgan fingerprint density at radius 2 is 1.48 bits per heavy atom. The van der Waals surface area contributed by atoms with Crippen LogP contribution in [0.1, 0.15) is 44.8 Å². The molecule has 6 nitrogen and oxygen atoms in total. The lowest BCUT2D eigenvalue weighted by Crippen LogP contribution is -2.32. The van der Waals surface area contributed by atoms with Gasteiger partial charge in [0.15, 0.2) is 0 Å². The quantitative estimate of drug-likeness (QED) is 0.568. The first kappa shape index (κ1) is 22.2. The Hall–Kier alpha value is -3.45. The number of nitrogens with one attached hydrogen (secondary N) is 2. The Kier molecular flexibility index (Phi) is 7.20. The number of rotatable bonds is 6. The molecule has 1 heterocycles. The number of amides is 3. The third-order valence-electron chi connectivity index (χ3n) is 4.87. The average molecular weight is 437 g/mol. The Labute approximate surface area is 185 Å². The number of hydrogen-bond acceptors (Lipinski definition) is 5. The zero-order valence-corrected chi connectivity index (χ0v) is 18.4. The van der Waals surface area contributed by atoms with Crippen LogP contribution >= 0.6 is 11.3 Å². The third kappa shape index (κ3) is 5.19. The molecule has 0 saturated heterocycles. The molecule has 0 bridgehead atoms. The maximum absolute atomic E-state index is 13.4. The molecule has 0 aliphatic carbocycles. The Morgan fingerprint density at radius 1 is 0.935 bits per heavy atom. The van der Waals surface area contributed by atoms with Gasteiger partial charge in [-0.3, -0.25) is 14.9 Å². The molecule has 160 valence electrons. The van der Waals surface area contributed by atoms with Gasteiger partial charge in [0.1, 0.15) is 5.00 Å². The number of aryl methyl sites for hydroxylation is 1. The van der Waals surface area contributed by atoms with Crippen LogP contribution in [0.25, 0.3) is 0 Å². The number of thiophene rings is 1. The molecular formula is C24H24N2O4S. The number of imide groups is 1.